The van der Waals surface area contributed by atoms with Gasteiger partial charge in [-0.1, -0.05) is 5.92 Å². The Hall–Kier alpha value is -3.18. The van der Waals surface area contributed by atoms with Crippen LogP contribution in [0, 0.1) is 28.6 Å². The van der Waals surface area contributed by atoms with Crippen LogP contribution in [0.2, 0.25) is 0 Å². The molecule has 0 bridgehead atoms. The fourth-order valence-corrected chi connectivity index (χ4v) is 3.45. The van der Waals surface area contributed by atoms with Crippen molar-refractivity contribution in [1.82, 2.24) is 0 Å². The Balaban J connectivity index is 2.38. The minimum atomic E-state index is -1.75. The zero-order valence-corrected chi connectivity index (χ0v) is 18.5. The van der Waals surface area contributed by atoms with Crippen molar-refractivity contribution >= 4 is 29.4 Å². The number of esters is 2. The van der Waals surface area contributed by atoms with E-state index in [1.807, 2.05) is 20.8 Å². The highest BCUT2D eigenvalue weighted by Gasteiger charge is 2.50. The third kappa shape index (κ3) is 5.92. The molecular formula is C23H30N4O4. The Morgan fingerprint density at radius 1 is 1.26 bits per heavy atom. The molecule has 1 amide bonds. The van der Waals surface area contributed by atoms with Crippen LogP contribution < -0.4 is 16.4 Å². The molecule has 5 N–H and O–H groups in total. The van der Waals surface area contributed by atoms with Gasteiger partial charge in [0.1, 0.15) is 11.4 Å². The van der Waals surface area contributed by atoms with Gasteiger partial charge in [-0.25, -0.2) is 4.79 Å². The molecule has 2 atom stereocenters. The van der Waals surface area contributed by atoms with Crippen LogP contribution in [0.3, 0.4) is 0 Å². The molecule has 8 heteroatoms. The predicted molar refractivity (Wildman–Crippen MR) is 118 cm³/mol. The third-order valence-corrected chi connectivity index (χ3v) is 5.01. The molecule has 0 radical (unpaired) electrons. The average Bonchev–Trinajstić information content (AvgIpc) is 2.66. The molecule has 1 fully saturated rings. The second-order valence-electron chi connectivity index (χ2n) is 8.80. The van der Waals surface area contributed by atoms with Crippen molar-refractivity contribution in [1.29, 1.82) is 5.41 Å². The zero-order valence-electron chi connectivity index (χ0n) is 18.5. The van der Waals surface area contributed by atoms with Crippen molar-refractivity contribution < 1.29 is 19.1 Å². The lowest BCUT2D eigenvalue weighted by Gasteiger charge is -2.39. The van der Waals surface area contributed by atoms with Crippen LogP contribution in [0.4, 0.5) is 5.69 Å². The topological polar surface area (TPSA) is 140 Å². The maximum atomic E-state index is 13.4. The van der Waals surface area contributed by atoms with E-state index in [9.17, 15) is 14.4 Å². The van der Waals surface area contributed by atoms with Crippen molar-refractivity contribution in [2.75, 3.05) is 11.4 Å². The fraction of sp³-hybridized carbons (Fsp3) is 0.478. The van der Waals surface area contributed by atoms with E-state index in [4.69, 9.17) is 21.6 Å². The molecule has 1 aliphatic rings. The number of nitrogens with two attached hydrogens (primary N) is 2. The van der Waals surface area contributed by atoms with E-state index in [0.717, 1.165) is 6.92 Å². The zero-order chi connectivity index (χ0) is 23.4. The molecule has 2 rings (SSSR count). The van der Waals surface area contributed by atoms with E-state index in [2.05, 4.69) is 11.8 Å². The molecule has 0 spiro atoms. The fourth-order valence-electron chi connectivity index (χ4n) is 3.45. The highest BCUT2D eigenvalue weighted by atomic mass is 16.6. The van der Waals surface area contributed by atoms with Gasteiger partial charge < -0.3 is 21.1 Å². The van der Waals surface area contributed by atoms with Gasteiger partial charge in [0.2, 0.25) is 5.91 Å². The standard InChI is InChI=1S/C23H30N4O4/c1-15(28)31-21(30)23(26,13-6-12-22(2,3)4)18-7-5-14-27(20(18)29)17-10-8-16(9-11-17)19(24)25/h8-11,18H,5,7,13-14,26H2,1-4H3,(H3,24,25). The molecular weight excluding hydrogens is 396 g/mol. The number of anilines is 1. The first kappa shape index (κ1) is 24.1. The minimum absolute atomic E-state index is 0.0697. The van der Waals surface area contributed by atoms with E-state index in [-0.39, 0.29) is 23.6 Å². The molecule has 1 aromatic carbocycles. The monoisotopic (exact) mass is 426 g/mol. The van der Waals surface area contributed by atoms with Crippen LogP contribution in [0.15, 0.2) is 24.3 Å². The summed E-state index contributed by atoms with van der Waals surface area (Å²) in [6, 6.07) is 6.71. The summed E-state index contributed by atoms with van der Waals surface area (Å²) >= 11 is 0. The first-order valence-corrected chi connectivity index (χ1v) is 10.1. The summed E-state index contributed by atoms with van der Waals surface area (Å²) in [5.41, 5.74) is 11.1. The van der Waals surface area contributed by atoms with Crippen LogP contribution in [0.1, 0.15) is 52.5 Å². The molecule has 0 aromatic heterocycles. The summed E-state index contributed by atoms with van der Waals surface area (Å²) < 4.78 is 4.80. The molecule has 8 nitrogen and oxygen atoms in total. The van der Waals surface area contributed by atoms with Crippen molar-refractivity contribution in [3.63, 3.8) is 0 Å². The van der Waals surface area contributed by atoms with Crippen molar-refractivity contribution in [3.05, 3.63) is 29.8 Å². The van der Waals surface area contributed by atoms with E-state index in [1.165, 1.54) is 0 Å². The average molecular weight is 427 g/mol. The Morgan fingerprint density at radius 2 is 1.87 bits per heavy atom. The van der Waals surface area contributed by atoms with Gasteiger partial charge in [0.15, 0.2) is 0 Å². The largest absolute Gasteiger partial charge is 0.392 e. The highest BCUT2D eigenvalue weighted by molar-refractivity contribution is 6.02. The lowest BCUT2D eigenvalue weighted by atomic mass is 9.76. The van der Waals surface area contributed by atoms with Crippen molar-refractivity contribution in [3.8, 4) is 11.8 Å². The number of amidine groups is 1. The summed E-state index contributed by atoms with van der Waals surface area (Å²) in [7, 11) is 0. The number of rotatable bonds is 5. The van der Waals surface area contributed by atoms with Crippen LogP contribution >= 0.6 is 0 Å². The number of hydrogen-bond acceptors (Lipinski definition) is 6. The summed E-state index contributed by atoms with van der Waals surface area (Å²) in [6.45, 7) is 7.34. The Kier molecular flexibility index (Phi) is 7.24. The lowest BCUT2D eigenvalue weighted by Crippen LogP contribution is -2.61. The maximum absolute atomic E-state index is 13.4. The number of carbonyl (C=O) groups excluding carboxylic acids is 3. The Labute approximate surface area is 182 Å². The van der Waals surface area contributed by atoms with Crippen molar-refractivity contribution in [2.45, 2.75) is 52.5 Å². The normalized spacial score (nSPS) is 18.4. The minimum Gasteiger partial charge on any atom is -0.392 e. The number of piperidine rings is 1. The number of ether oxygens (including phenoxy) is 1. The first-order valence-electron chi connectivity index (χ1n) is 10.1. The summed E-state index contributed by atoms with van der Waals surface area (Å²) in [5.74, 6) is 2.91. The number of benzene rings is 1. The summed E-state index contributed by atoms with van der Waals surface area (Å²) in [5, 5.41) is 7.50. The van der Waals surface area contributed by atoms with Gasteiger partial charge in [-0.2, -0.15) is 0 Å². The van der Waals surface area contributed by atoms with Gasteiger partial charge in [0.05, 0.1) is 5.92 Å². The van der Waals surface area contributed by atoms with Gasteiger partial charge in [0, 0.05) is 36.6 Å². The molecule has 1 saturated heterocycles. The number of nitrogen functional groups attached to an aromatic ring is 1. The summed E-state index contributed by atoms with van der Waals surface area (Å²) in [4.78, 5) is 39.1. The van der Waals surface area contributed by atoms with Gasteiger partial charge >= 0.3 is 11.9 Å². The van der Waals surface area contributed by atoms with Crippen LogP contribution in [0.5, 0.6) is 0 Å². The maximum Gasteiger partial charge on any atom is 0.335 e. The molecule has 166 valence electrons. The van der Waals surface area contributed by atoms with Gasteiger partial charge in [0.25, 0.3) is 0 Å². The van der Waals surface area contributed by atoms with Crippen LogP contribution in [-0.4, -0.2) is 35.8 Å². The lowest BCUT2D eigenvalue weighted by molar-refractivity contribution is -0.165. The van der Waals surface area contributed by atoms with E-state index >= 15 is 0 Å². The SMILES string of the molecule is CC(=O)OC(=O)C(N)(CC#CC(C)(C)C)C1CCCN(c2ccc(C(=N)N)cc2)C1=O. The molecule has 0 aliphatic carbocycles. The van der Waals surface area contributed by atoms with Gasteiger partial charge in [-0.3, -0.25) is 15.0 Å². The Bertz CT molecular complexity index is 937. The molecule has 31 heavy (non-hydrogen) atoms. The highest BCUT2D eigenvalue weighted by Crippen LogP contribution is 2.33. The number of amides is 1. The Morgan fingerprint density at radius 3 is 2.39 bits per heavy atom. The smallest absolute Gasteiger partial charge is 0.335 e. The van der Waals surface area contributed by atoms with Crippen LogP contribution in [0.25, 0.3) is 0 Å². The number of carbonyl (C=O) groups is 3. The van der Waals surface area contributed by atoms with E-state index in [0.29, 0.717) is 30.6 Å². The quantitative estimate of drug-likeness (QED) is 0.216. The number of hydrogen-bond donors (Lipinski definition) is 3. The molecule has 0 saturated carbocycles. The third-order valence-electron chi connectivity index (χ3n) is 5.01. The molecule has 1 aliphatic heterocycles. The summed E-state index contributed by atoms with van der Waals surface area (Å²) in [6.07, 6.45) is 0.884. The number of nitrogens with one attached hydrogen (secondary N) is 1. The van der Waals surface area contributed by atoms with Gasteiger partial charge in [-0.05, 0) is 57.9 Å². The van der Waals surface area contributed by atoms with Gasteiger partial charge in [-0.15, -0.1) is 5.92 Å². The molecule has 2 unspecified atom stereocenters. The second kappa shape index (κ2) is 9.31. The van der Waals surface area contributed by atoms with E-state index in [1.54, 1.807) is 29.2 Å². The molecule has 1 heterocycles. The predicted octanol–water partition coefficient (Wildman–Crippen LogP) is 1.94. The van der Waals surface area contributed by atoms with Crippen LogP contribution in [-0.2, 0) is 19.1 Å². The number of nitrogens with zero attached hydrogens (tertiary/aromatic N) is 1. The van der Waals surface area contributed by atoms with Crippen molar-refractivity contribution in [2.24, 2.45) is 22.8 Å². The first-order chi connectivity index (χ1) is 14.3. The molecule has 1 aromatic rings. The second-order valence-corrected chi connectivity index (χ2v) is 8.80. The van der Waals surface area contributed by atoms with E-state index < -0.39 is 23.4 Å².